The van der Waals surface area contributed by atoms with E-state index in [-0.39, 0.29) is 16.5 Å². The van der Waals surface area contributed by atoms with Crippen molar-refractivity contribution in [2.45, 2.75) is 414 Å². The van der Waals surface area contributed by atoms with Crippen LogP contribution in [-0.2, 0) is 42.2 Å². The molecule has 2 aromatic carbocycles. The van der Waals surface area contributed by atoms with Crippen LogP contribution in [0.15, 0.2) is 47.5 Å². The Morgan fingerprint density at radius 2 is 0.386 bits per heavy atom. The quantitative estimate of drug-likeness (QED) is 0.0358. The fourth-order valence-corrected chi connectivity index (χ4v) is 13.5. The second-order valence-electron chi connectivity index (χ2n) is 26.8. The molecule has 3 heteroatoms. The zero-order valence-electron chi connectivity index (χ0n) is 56.7. The molecular formula is C80H140N2Ni. The summed E-state index contributed by atoms with van der Waals surface area (Å²) in [6.45, 7) is 13.9. The van der Waals surface area contributed by atoms with E-state index in [4.69, 9.17) is 0 Å². The minimum Gasteiger partial charge on any atom is -0.493 e. The first-order chi connectivity index (χ1) is 40.5. The number of allylic oxidation sites excluding steroid dienone is 2. The van der Waals surface area contributed by atoms with E-state index in [9.17, 15) is 5.53 Å². The second-order valence-corrected chi connectivity index (χ2v) is 26.8. The minimum absolute atomic E-state index is 0. The molecule has 0 unspecified atom stereocenters. The number of hydrogen-bond donors (Lipinski definition) is 0. The topological polar surface area (TPSA) is 25.3 Å². The van der Waals surface area contributed by atoms with Gasteiger partial charge in [-0.3, -0.25) is 0 Å². The zero-order valence-corrected chi connectivity index (χ0v) is 57.7. The van der Waals surface area contributed by atoms with Crippen molar-refractivity contribution in [3.8, 4) is 0 Å². The van der Waals surface area contributed by atoms with Gasteiger partial charge >= 0.3 is 0 Å². The Morgan fingerprint density at radius 1 is 0.217 bits per heavy atom. The smallest absolute Gasteiger partial charge is 0.211 e. The SMILES string of the molecule is CCCCCCCCCCCCCCCCCCCCCCCCc1cc(CCCCCCCCCCCCCCCCCCCCCCCC)cc(C2=C(CCCC)C(CCCC)=C(c3cc(CCCC)cc(CCCC)c3)[N+]2=[N-])c1.[Ni]. The van der Waals surface area contributed by atoms with Gasteiger partial charge in [0.2, 0.25) is 11.4 Å². The summed E-state index contributed by atoms with van der Waals surface area (Å²) < 4.78 is 1.71. The van der Waals surface area contributed by atoms with Gasteiger partial charge in [-0.2, -0.15) is 0 Å². The van der Waals surface area contributed by atoms with Crippen LogP contribution in [0, 0.1) is 0 Å². The maximum atomic E-state index is 12.9. The van der Waals surface area contributed by atoms with Crippen LogP contribution < -0.4 is 0 Å². The largest absolute Gasteiger partial charge is 0.493 e. The fraction of sp³-hybridized carbons (Fsp3) is 0.800. The third-order valence-corrected chi connectivity index (χ3v) is 18.8. The first-order valence-corrected chi connectivity index (χ1v) is 37.7. The van der Waals surface area contributed by atoms with Crippen LogP contribution in [0.5, 0.6) is 0 Å². The molecule has 2 aromatic rings. The molecule has 0 bridgehead atoms. The summed E-state index contributed by atoms with van der Waals surface area (Å²) in [5.41, 5.74) is 26.2. The van der Waals surface area contributed by atoms with Gasteiger partial charge in [-0.05, 0) is 124 Å². The van der Waals surface area contributed by atoms with Crippen LogP contribution in [0.25, 0.3) is 16.9 Å². The zero-order chi connectivity index (χ0) is 58.6. The van der Waals surface area contributed by atoms with Crippen LogP contribution in [0.3, 0.4) is 0 Å². The monoisotopic (exact) mass is 1190 g/mol. The predicted molar refractivity (Wildman–Crippen MR) is 369 cm³/mol. The summed E-state index contributed by atoms with van der Waals surface area (Å²) >= 11 is 0. The van der Waals surface area contributed by atoms with E-state index in [2.05, 4.69) is 77.9 Å². The Kier molecular flexibility index (Phi) is 51.4. The van der Waals surface area contributed by atoms with Crippen molar-refractivity contribution in [3.05, 3.63) is 86.5 Å². The molecule has 0 aromatic heterocycles. The predicted octanol–water partition coefficient (Wildman–Crippen LogP) is 28.2. The van der Waals surface area contributed by atoms with Crippen molar-refractivity contribution in [2.75, 3.05) is 0 Å². The number of rotatable bonds is 60. The molecule has 0 N–H and O–H groups in total. The minimum atomic E-state index is 0. The van der Waals surface area contributed by atoms with Crippen LogP contribution in [0.4, 0.5) is 0 Å². The van der Waals surface area contributed by atoms with Gasteiger partial charge in [-0.1, -0.05) is 349 Å². The molecule has 3 rings (SSSR count). The Labute approximate surface area is 529 Å². The number of benzene rings is 2. The normalized spacial score (nSPS) is 12.7. The van der Waals surface area contributed by atoms with E-state index >= 15 is 0 Å². The molecule has 0 radical (unpaired) electrons. The Hall–Kier alpha value is -1.99. The van der Waals surface area contributed by atoms with Crippen molar-refractivity contribution in [1.82, 2.24) is 0 Å². The van der Waals surface area contributed by atoms with E-state index in [1.807, 2.05) is 0 Å². The molecule has 1 aliphatic rings. The maximum Gasteiger partial charge on any atom is 0.211 e. The van der Waals surface area contributed by atoms with Gasteiger partial charge < -0.3 is 5.53 Å². The molecule has 0 atom stereocenters. The molecule has 480 valence electrons. The molecule has 0 saturated heterocycles. The summed E-state index contributed by atoms with van der Waals surface area (Å²) in [5, 5.41) is 0. The first kappa shape index (κ1) is 77.1. The van der Waals surface area contributed by atoms with Gasteiger partial charge in [0.1, 0.15) is 0 Å². The molecule has 2 nitrogen and oxygen atoms in total. The van der Waals surface area contributed by atoms with Gasteiger partial charge in [-0.25, -0.2) is 4.70 Å². The molecule has 1 aliphatic heterocycles. The molecular weight excluding hydrogens is 1050 g/mol. The molecule has 83 heavy (non-hydrogen) atoms. The summed E-state index contributed by atoms with van der Waals surface area (Å²) in [6, 6.07) is 15.0. The van der Waals surface area contributed by atoms with Crippen molar-refractivity contribution in [1.29, 1.82) is 0 Å². The standard InChI is InChI=1S/C80H140N2.Ni/c1-7-13-19-21-23-25-27-29-31-33-35-37-39-41-43-45-47-49-51-53-55-57-61-73-66-74(62-58-56-54-52-50-48-46-44-42-40-38-36-34-32-30-28-26-24-22-20-14-8-2)70-76(69-73)80-78(64-18-12-6)77(63-17-11-5)79(82(80)81)75-67-71(59-15-9-3)65-72(68-75)60-16-10-4;/h65-70H,7-64H2,1-6H3;. The second kappa shape index (κ2) is 55.3. The third kappa shape index (κ3) is 37.5. The van der Waals surface area contributed by atoms with E-state index < -0.39 is 0 Å². The van der Waals surface area contributed by atoms with E-state index in [0.29, 0.717) is 0 Å². The van der Waals surface area contributed by atoms with Crippen molar-refractivity contribution in [3.63, 3.8) is 0 Å². The van der Waals surface area contributed by atoms with Crippen LogP contribution in [-0.4, -0.2) is 4.70 Å². The summed E-state index contributed by atoms with van der Waals surface area (Å²) in [5.74, 6) is 0. The average molecular weight is 1190 g/mol. The van der Waals surface area contributed by atoms with Gasteiger partial charge in [0.05, 0.1) is 0 Å². The van der Waals surface area contributed by atoms with Crippen molar-refractivity contribution >= 4 is 11.4 Å². The Balaban J connectivity index is 0.0000235. The summed E-state index contributed by atoms with van der Waals surface area (Å²) in [7, 11) is 0. The molecule has 0 amide bonds. The summed E-state index contributed by atoms with van der Waals surface area (Å²) in [6.07, 6.45) is 78.9. The van der Waals surface area contributed by atoms with Crippen molar-refractivity contribution in [2.24, 2.45) is 0 Å². The summed E-state index contributed by atoms with van der Waals surface area (Å²) in [4.78, 5) is 0. The van der Waals surface area contributed by atoms with Gasteiger partial charge in [0.15, 0.2) is 0 Å². The molecule has 0 aliphatic carbocycles. The van der Waals surface area contributed by atoms with Gasteiger partial charge in [0.25, 0.3) is 0 Å². The Morgan fingerprint density at radius 3 is 0.590 bits per heavy atom. The maximum absolute atomic E-state index is 12.9. The van der Waals surface area contributed by atoms with E-state index in [1.54, 1.807) is 4.70 Å². The Bertz CT molecular complexity index is 1790. The molecule has 0 fully saturated rings. The molecule has 0 spiro atoms. The van der Waals surface area contributed by atoms with Crippen LogP contribution >= 0.6 is 0 Å². The van der Waals surface area contributed by atoms with Crippen LogP contribution in [0.2, 0.25) is 0 Å². The average Bonchev–Trinajstić information content (AvgIpc) is 3.04. The third-order valence-electron chi connectivity index (χ3n) is 18.8. The van der Waals surface area contributed by atoms with Gasteiger partial charge in [0, 0.05) is 38.8 Å². The molecule has 0 saturated carbocycles. The molecule has 1 heterocycles. The number of nitrogens with zero attached hydrogens (tertiary/aromatic N) is 2. The van der Waals surface area contributed by atoms with Gasteiger partial charge in [-0.15, -0.1) is 0 Å². The van der Waals surface area contributed by atoms with E-state index in [0.717, 1.165) is 75.6 Å². The number of unbranched alkanes of at least 4 members (excludes halogenated alkanes) is 46. The number of aryl methyl sites for hydroxylation is 4. The van der Waals surface area contributed by atoms with Crippen molar-refractivity contribution < 1.29 is 21.2 Å². The van der Waals surface area contributed by atoms with E-state index in [1.165, 1.54) is 353 Å². The number of hydrogen-bond acceptors (Lipinski definition) is 0. The fourth-order valence-electron chi connectivity index (χ4n) is 13.5. The first-order valence-electron chi connectivity index (χ1n) is 37.7. The van der Waals surface area contributed by atoms with Crippen LogP contribution in [0.1, 0.15) is 422 Å².